The maximum Gasteiger partial charge on any atom is 0.282 e. The zero-order valence-corrected chi connectivity index (χ0v) is 14.7. The van der Waals surface area contributed by atoms with Gasteiger partial charge in [0.15, 0.2) is 0 Å². The van der Waals surface area contributed by atoms with Crippen LogP contribution in [0.3, 0.4) is 0 Å². The minimum Gasteiger partial charge on any atom is -0.364 e. The summed E-state index contributed by atoms with van der Waals surface area (Å²) in [5.74, 6) is 2.81. The van der Waals surface area contributed by atoms with E-state index in [-0.39, 0.29) is 17.1 Å². The molecule has 1 aromatic carbocycles. The highest BCUT2D eigenvalue weighted by Crippen LogP contribution is 2.43. The molecule has 0 amide bonds. The number of sulfonamides is 1. The summed E-state index contributed by atoms with van der Waals surface area (Å²) in [6.07, 6.45) is 11.2. The third-order valence-corrected chi connectivity index (χ3v) is 6.00. The van der Waals surface area contributed by atoms with Gasteiger partial charge in [-0.2, -0.15) is 12.8 Å². The molecule has 0 spiro atoms. The van der Waals surface area contributed by atoms with Crippen LogP contribution in [0.5, 0.6) is 0 Å². The van der Waals surface area contributed by atoms with E-state index in [0.29, 0.717) is 18.6 Å². The average molecular weight is 343 g/mol. The SMILES string of the molecule is C#C[C@@]1(CCC)/C(=N/S(=O)(=O)c2ccc(C)cc2)C[C@H]2C=C[C@@H]1O2. The quantitative estimate of drug-likeness (QED) is 0.623. The molecular weight excluding hydrogens is 322 g/mol. The highest BCUT2D eigenvalue weighted by molar-refractivity contribution is 7.90. The minimum atomic E-state index is -3.79. The first kappa shape index (κ1) is 16.9. The van der Waals surface area contributed by atoms with Crippen molar-refractivity contribution in [2.45, 2.75) is 50.2 Å². The van der Waals surface area contributed by atoms with Crippen LogP contribution in [0.25, 0.3) is 0 Å². The third kappa shape index (κ3) is 2.81. The Kier molecular flexibility index (Phi) is 4.37. The van der Waals surface area contributed by atoms with Crippen molar-refractivity contribution >= 4 is 15.7 Å². The van der Waals surface area contributed by atoms with Gasteiger partial charge in [0.25, 0.3) is 10.0 Å². The lowest BCUT2D eigenvalue weighted by molar-refractivity contribution is 0.00509. The summed E-state index contributed by atoms with van der Waals surface area (Å²) >= 11 is 0. The molecule has 2 aliphatic rings. The molecule has 5 heteroatoms. The molecule has 0 aliphatic carbocycles. The van der Waals surface area contributed by atoms with Crippen molar-refractivity contribution in [3.8, 4) is 12.3 Å². The van der Waals surface area contributed by atoms with Crippen LogP contribution in [0.15, 0.2) is 45.7 Å². The molecule has 3 atom stereocenters. The van der Waals surface area contributed by atoms with Crippen molar-refractivity contribution in [1.82, 2.24) is 0 Å². The molecule has 1 aromatic rings. The largest absolute Gasteiger partial charge is 0.364 e. The Morgan fingerprint density at radius 2 is 2.04 bits per heavy atom. The second kappa shape index (κ2) is 6.19. The van der Waals surface area contributed by atoms with Gasteiger partial charge < -0.3 is 4.74 Å². The standard InChI is InChI=1S/C19H21NO3S/c1-4-12-19(5-2)17(13-15-8-11-18(19)23-15)20-24(21,22)16-9-6-14(3)7-10-16/h2,6-11,15,18H,4,12-13H2,1,3H3/b20-17+/t15-,18+,19-/m1/s1. The molecule has 2 heterocycles. The van der Waals surface area contributed by atoms with Gasteiger partial charge in [-0.3, -0.25) is 0 Å². The fraction of sp³-hybridized carbons (Fsp3) is 0.421. The monoisotopic (exact) mass is 343 g/mol. The summed E-state index contributed by atoms with van der Waals surface area (Å²) in [5, 5.41) is 0. The fourth-order valence-corrected chi connectivity index (χ4v) is 4.50. The normalized spacial score (nSPS) is 30.5. The lowest BCUT2D eigenvalue weighted by atomic mass is 9.73. The lowest BCUT2D eigenvalue weighted by Crippen LogP contribution is -2.47. The predicted molar refractivity (Wildman–Crippen MR) is 94.4 cm³/mol. The van der Waals surface area contributed by atoms with Crippen LogP contribution < -0.4 is 0 Å². The van der Waals surface area contributed by atoms with Crippen molar-refractivity contribution < 1.29 is 13.2 Å². The van der Waals surface area contributed by atoms with E-state index in [0.717, 1.165) is 12.0 Å². The molecule has 2 aliphatic heterocycles. The number of terminal acetylenes is 1. The van der Waals surface area contributed by atoms with Gasteiger partial charge >= 0.3 is 0 Å². The van der Waals surface area contributed by atoms with Gasteiger partial charge in [-0.15, -0.1) is 6.42 Å². The van der Waals surface area contributed by atoms with E-state index >= 15 is 0 Å². The summed E-state index contributed by atoms with van der Waals surface area (Å²) in [5.41, 5.74) is 0.758. The van der Waals surface area contributed by atoms with Crippen molar-refractivity contribution in [1.29, 1.82) is 0 Å². The molecule has 0 unspecified atom stereocenters. The van der Waals surface area contributed by atoms with E-state index in [4.69, 9.17) is 11.2 Å². The van der Waals surface area contributed by atoms with Gasteiger partial charge in [0.1, 0.15) is 0 Å². The van der Waals surface area contributed by atoms with E-state index in [9.17, 15) is 8.42 Å². The molecule has 4 nitrogen and oxygen atoms in total. The van der Waals surface area contributed by atoms with Crippen LogP contribution in [-0.2, 0) is 14.8 Å². The number of rotatable bonds is 4. The lowest BCUT2D eigenvalue weighted by Gasteiger charge is -2.39. The Labute approximate surface area is 143 Å². The van der Waals surface area contributed by atoms with E-state index in [2.05, 4.69) is 10.3 Å². The maximum absolute atomic E-state index is 12.7. The van der Waals surface area contributed by atoms with Crippen LogP contribution in [-0.4, -0.2) is 26.3 Å². The Bertz CT molecular complexity index is 830. The van der Waals surface area contributed by atoms with Crippen LogP contribution in [0, 0.1) is 24.7 Å². The van der Waals surface area contributed by atoms with E-state index in [1.54, 1.807) is 24.3 Å². The number of nitrogens with zero attached hydrogens (tertiary/aromatic N) is 1. The summed E-state index contributed by atoms with van der Waals surface area (Å²) in [6.45, 7) is 3.94. The van der Waals surface area contributed by atoms with Gasteiger partial charge in [-0.1, -0.05) is 49.1 Å². The van der Waals surface area contributed by atoms with Gasteiger partial charge in [0.05, 0.1) is 28.2 Å². The first-order valence-corrected chi connectivity index (χ1v) is 9.58. The molecule has 2 bridgehead atoms. The molecule has 0 aromatic heterocycles. The number of ether oxygens (including phenoxy) is 1. The average Bonchev–Trinajstić information content (AvgIpc) is 2.96. The third-order valence-electron chi connectivity index (χ3n) is 4.67. The molecule has 1 fully saturated rings. The molecule has 126 valence electrons. The van der Waals surface area contributed by atoms with Crippen LogP contribution in [0.1, 0.15) is 31.7 Å². The predicted octanol–water partition coefficient (Wildman–Crippen LogP) is 3.27. The zero-order valence-electron chi connectivity index (χ0n) is 13.9. The van der Waals surface area contributed by atoms with E-state index in [1.165, 1.54) is 0 Å². The van der Waals surface area contributed by atoms with Crippen molar-refractivity contribution in [3.05, 3.63) is 42.0 Å². The van der Waals surface area contributed by atoms with Crippen LogP contribution in [0.2, 0.25) is 0 Å². The number of benzene rings is 1. The van der Waals surface area contributed by atoms with Gasteiger partial charge in [0, 0.05) is 6.42 Å². The summed E-state index contributed by atoms with van der Waals surface area (Å²) in [4.78, 5) is 0.190. The minimum absolute atomic E-state index is 0.139. The summed E-state index contributed by atoms with van der Waals surface area (Å²) in [7, 11) is -3.79. The molecule has 1 saturated heterocycles. The molecule has 0 saturated carbocycles. The first-order valence-electron chi connectivity index (χ1n) is 8.14. The molecule has 0 radical (unpaired) electrons. The summed E-state index contributed by atoms with van der Waals surface area (Å²) < 4.78 is 35.5. The number of fused-ring (bicyclic) bond motifs is 2. The fourth-order valence-electron chi connectivity index (χ4n) is 3.38. The Hall–Kier alpha value is -1.90. The van der Waals surface area contributed by atoms with Gasteiger partial charge in [-0.25, -0.2) is 0 Å². The highest BCUT2D eigenvalue weighted by Gasteiger charge is 2.49. The van der Waals surface area contributed by atoms with Crippen molar-refractivity contribution in [2.75, 3.05) is 0 Å². The number of hydrogen-bond acceptors (Lipinski definition) is 3. The van der Waals surface area contributed by atoms with Crippen molar-refractivity contribution in [2.24, 2.45) is 9.81 Å². The Morgan fingerprint density at radius 3 is 2.67 bits per heavy atom. The van der Waals surface area contributed by atoms with E-state index < -0.39 is 15.4 Å². The van der Waals surface area contributed by atoms with Crippen LogP contribution in [0.4, 0.5) is 0 Å². The van der Waals surface area contributed by atoms with Gasteiger partial charge in [0.2, 0.25) is 0 Å². The number of aryl methyl sites for hydroxylation is 1. The second-order valence-electron chi connectivity index (χ2n) is 6.38. The molecule has 0 N–H and O–H groups in total. The second-order valence-corrected chi connectivity index (χ2v) is 7.98. The Balaban J connectivity index is 2.07. The topological polar surface area (TPSA) is 55.7 Å². The van der Waals surface area contributed by atoms with Crippen molar-refractivity contribution in [3.63, 3.8) is 0 Å². The maximum atomic E-state index is 12.7. The molecule has 24 heavy (non-hydrogen) atoms. The molecule has 3 rings (SSSR count). The van der Waals surface area contributed by atoms with Gasteiger partial charge in [-0.05, 0) is 25.5 Å². The zero-order chi connectivity index (χ0) is 17.4. The first-order chi connectivity index (χ1) is 11.4. The van der Waals surface area contributed by atoms with E-state index in [1.807, 2.05) is 26.0 Å². The van der Waals surface area contributed by atoms with Crippen LogP contribution >= 0.6 is 0 Å². The Morgan fingerprint density at radius 1 is 1.33 bits per heavy atom. The summed E-state index contributed by atoms with van der Waals surface area (Å²) in [6, 6.07) is 6.70. The molecular formula is C19H21NO3S. The number of hydrogen-bond donors (Lipinski definition) is 0. The highest BCUT2D eigenvalue weighted by atomic mass is 32.2. The smallest absolute Gasteiger partial charge is 0.282 e.